The Morgan fingerprint density at radius 3 is 2.52 bits per heavy atom. The summed E-state index contributed by atoms with van der Waals surface area (Å²) in [4.78, 5) is 2.53. The van der Waals surface area contributed by atoms with Crippen LogP contribution in [0.15, 0.2) is 60.7 Å². The fraction of sp³-hybridized carbons (Fsp3) is 0.391. The molecule has 0 bridgehead atoms. The molecule has 0 radical (unpaired) electrons. The summed E-state index contributed by atoms with van der Waals surface area (Å²) < 4.78 is 11.6. The third kappa shape index (κ3) is 5.34. The van der Waals surface area contributed by atoms with Gasteiger partial charge in [-0.1, -0.05) is 42.0 Å². The minimum absolute atomic E-state index is 0.321. The van der Waals surface area contributed by atoms with Gasteiger partial charge in [-0.05, 0) is 36.6 Å². The molecule has 2 aromatic carbocycles. The number of hydrogen-bond acceptors (Lipinski definition) is 4. The van der Waals surface area contributed by atoms with Gasteiger partial charge in [0.15, 0.2) is 11.5 Å². The molecule has 1 saturated heterocycles. The molecule has 1 aliphatic rings. The second-order valence-corrected chi connectivity index (χ2v) is 7.15. The molecule has 0 saturated carbocycles. The van der Waals surface area contributed by atoms with Crippen LogP contribution < -0.4 is 14.8 Å². The van der Waals surface area contributed by atoms with E-state index in [0.29, 0.717) is 12.6 Å². The molecule has 1 N–H and O–H groups in total. The Balaban J connectivity index is 1.78. The van der Waals surface area contributed by atoms with Crippen LogP contribution in [0.25, 0.3) is 0 Å². The Morgan fingerprint density at radius 1 is 1.11 bits per heavy atom. The Labute approximate surface area is 162 Å². The van der Waals surface area contributed by atoms with Crippen molar-refractivity contribution in [2.75, 3.05) is 33.3 Å². The largest absolute Gasteiger partial charge is 0.493 e. The molecule has 1 aliphatic heterocycles. The zero-order valence-electron chi connectivity index (χ0n) is 16.4. The van der Waals surface area contributed by atoms with E-state index in [-0.39, 0.29) is 0 Å². The van der Waals surface area contributed by atoms with Crippen LogP contribution in [0.4, 0.5) is 0 Å². The van der Waals surface area contributed by atoms with Crippen LogP contribution in [0.1, 0.15) is 30.5 Å². The number of hydrogen-bond donors (Lipinski definition) is 1. The monoisotopic (exact) mass is 366 g/mol. The lowest BCUT2D eigenvalue weighted by Gasteiger charge is -2.35. The average molecular weight is 367 g/mol. The van der Waals surface area contributed by atoms with Crippen LogP contribution in [0.2, 0.25) is 0 Å². The Hall–Kier alpha value is -2.30. The third-order valence-corrected chi connectivity index (χ3v) is 4.94. The van der Waals surface area contributed by atoms with Crippen molar-refractivity contribution in [2.24, 2.45) is 0 Å². The molecule has 2 aromatic rings. The van der Waals surface area contributed by atoms with E-state index < -0.39 is 0 Å². The van der Waals surface area contributed by atoms with Gasteiger partial charge in [-0.15, -0.1) is 6.58 Å². The summed E-state index contributed by atoms with van der Waals surface area (Å²) in [6.45, 7) is 10.9. The van der Waals surface area contributed by atoms with Crippen molar-refractivity contribution in [3.63, 3.8) is 0 Å². The standard InChI is InChI=1S/C23H30N2O2/c1-18(2)15-21(25-13-11-24-12-14-25)20-9-10-22(23(16-20)26-3)27-17-19-7-5-4-6-8-19/h4-10,16,21,24H,1,11-15,17H2,2-3H3/t21-/m0/s1. The van der Waals surface area contributed by atoms with E-state index in [4.69, 9.17) is 9.47 Å². The summed E-state index contributed by atoms with van der Waals surface area (Å²) in [5.41, 5.74) is 3.59. The van der Waals surface area contributed by atoms with E-state index in [1.807, 2.05) is 24.3 Å². The predicted molar refractivity (Wildman–Crippen MR) is 110 cm³/mol. The number of methoxy groups -OCH3 is 1. The highest BCUT2D eigenvalue weighted by molar-refractivity contribution is 5.44. The van der Waals surface area contributed by atoms with Gasteiger partial charge in [0.2, 0.25) is 0 Å². The Morgan fingerprint density at radius 2 is 1.85 bits per heavy atom. The fourth-order valence-electron chi connectivity index (χ4n) is 3.53. The first-order valence-electron chi connectivity index (χ1n) is 9.61. The molecule has 27 heavy (non-hydrogen) atoms. The molecule has 144 valence electrons. The van der Waals surface area contributed by atoms with Crippen LogP contribution in [0.5, 0.6) is 11.5 Å². The molecule has 4 nitrogen and oxygen atoms in total. The molecule has 0 aromatic heterocycles. The van der Waals surface area contributed by atoms with Crippen molar-refractivity contribution in [1.29, 1.82) is 0 Å². The minimum Gasteiger partial charge on any atom is -0.493 e. The summed E-state index contributed by atoms with van der Waals surface area (Å²) in [5.74, 6) is 1.56. The summed E-state index contributed by atoms with van der Waals surface area (Å²) in [6.07, 6.45) is 0.952. The van der Waals surface area contributed by atoms with Crippen molar-refractivity contribution in [2.45, 2.75) is 26.0 Å². The van der Waals surface area contributed by atoms with Gasteiger partial charge >= 0.3 is 0 Å². The molecule has 0 amide bonds. The molecule has 0 aliphatic carbocycles. The molecule has 1 heterocycles. The summed E-state index contributed by atoms with van der Waals surface area (Å²) in [6, 6.07) is 16.8. The summed E-state index contributed by atoms with van der Waals surface area (Å²) >= 11 is 0. The Kier molecular flexibility index (Phi) is 6.91. The van der Waals surface area contributed by atoms with Crippen molar-refractivity contribution in [3.05, 3.63) is 71.8 Å². The van der Waals surface area contributed by atoms with E-state index in [2.05, 4.69) is 48.0 Å². The second kappa shape index (κ2) is 9.58. The Bertz CT molecular complexity index is 739. The van der Waals surface area contributed by atoms with Crippen LogP contribution in [0, 0.1) is 0 Å². The van der Waals surface area contributed by atoms with Crippen molar-refractivity contribution in [3.8, 4) is 11.5 Å². The summed E-state index contributed by atoms with van der Waals surface area (Å²) in [7, 11) is 1.70. The maximum Gasteiger partial charge on any atom is 0.161 e. The quantitative estimate of drug-likeness (QED) is 0.711. The van der Waals surface area contributed by atoms with Gasteiger partial charge in [-0.3, -0.25) is 4.90 Å². The number of nitrogens with one attached hydrogen (secondary N) is 1. The van der Waals surface area contributed by atoms with E-state index in [1.165, 1.54) is 11.1 Å². The van der Waals surface area contributed by atoms with Crippen molar-refractivity contribution < 1.29 is 9.47 Å². The number of rotatable bonds is 8. The average Bonchev–Trinajstić information content (AvgIpc) is 2.71. The van der Waals surface area contributed by atoms with Crippen LogP contribution in [0.3, 0.4) is 0 Å². The number of piperazine rings is 1. The van der Waals surface area contributed by atoms with E-state index in [9.17, 15) is 0 Å². The highest BCUT2D eigenvalue weighted by atomic mass is 16.5. The normalized spacial score (nSPS) is 15.9. The summed E-state index contributed by atoms with van der Waals surface area (Å²) in [5, 5.41) is 3.43. The van der Waals surface area contributed by atoms with Gasteiger partial charge in [-0.25, -0.2) is 0 Å². The molecular formula is C23H30N2O2. The number of ether oxygens (including phenoxy) is 2. The highest BCUT2D eigenvalue weighted by Crippen LogP contribution is 2.35. The molecule has 1 atom stereocenters. The van der Waals surface area contributed by atoms with Gasteiger partial charge in [0.1, 0.15) is 6.61 Å². The lowest BCUT2D eigenvalue weighted by Crippen LogP contribution is -2.45. The first kappa shape index (κ1) is 19.5. The van der Waals surface area contributed by atoms with Crippen molar-refractivity contribution in [1.82, 2.24) is 10.2 Å². The van der Waals surface area contributed by atoms with Gasteiger partial charge in [-0.2, -0.15) is 0 Å². The van der Waals surface area contributed by atoms with Gasteiger partial charge < -0.3 is 14.8 Å². The van der Waals surface area contributed by atoms with E-state index in [0.717, 1.165) is 49.7 Å². The molecule has 3 rings (SSSR count). The van der Waals surface area contributed by atoms with Gasteiger partial charge in [0.05, 0.1) is 7.11 Å². The first-order chi connectivity index (χ1) is 13.2. The fourth-order valence-corrected chi connectivity index (χ4v) is 3.53. The number of nitrogens with zero attached hydrogens (tertiary/aromatic N) is 1. The molecule has 0 unspecified atom stereocenters. The molecule has 1 fully saturated rings. The maximum absolute atomic E-state index is 6.01. The maximum atomic E-state index is 6.01. The van der Waals surface area contributed by atoms with Gasteiger partial charge in [0, 0.05) is 32.2 Å². The lowest BCUT2D eigenvalue weighted by molar-refractivity contribution is 0.172. The molecular weight excluding hydrogens is 336 g/mol. The van der Waals surface area contributed by atoms with E-state index >= 15 is 0 Å². The van der Waals surface area contributed by atoms with Gasteiger partial charge in [0.25, 0.3) is 0 Å². The second-order valence-electron chi connectivity index (χ2n) is 7.15. The zero-order chi connectivity index (χ0) is 19.1. The van der Waals surface area contributed by atoms with Crippen LogP contribution in [-0.4, -0.2) is 38.2 Å². The van der Waals surface area contributed by atoms with Crippen LogP contribution >= 0.6 is 0 Å². The first-order valence-corrected chi connectivity index (χ1v) is 9.61. The number of benzene rings is 2. The minimum atomic E-state index is 0.321. The lowest BCUT2D eigenvalue weighted by atomic mass is 9.97. The predicted octanol–water partition coefficient (Wildman–Crippen LogP) is 4.19. The topological polar surface area (TPSA) is 33.7 Å². The third-order valence-electron chi connectivity index (χ3n) is 4.94. The van der Waals surface area contributed by atoms with Crippen molar-refractivity contribution >= 4 is 0 Å². The highest BCUT2D eigenvalue weighted by Gasteiger charge is 2.23. The van der Waals surface area contributed by atoms with Crippen LogP contribution in [-0.2, 0) is 6.61 Å². The molecule has 4 heteroatoms. The van der Waals surface area contributed by atoms with E-state index in [1.54, 1.807) is 7.11 Å². The zero-order valence-corrected chi connectivity index (χ0v) is 16.4. The SMILES string of the molecule is C=C(C)C[C@@H](c1ccc(OCc2ccccc2)c(OC)c1)N1CCNCC1. The molecule has 0 spiro atoms. The smallest absolute Gasteiger partial charge is 0.161 e.